The van der Waals surface area contributed by atoms with Crippen molar-refractivity contribution in [3.05, 3.63) is 40.4 Å². The molecule has 2 aromatic heterocycles. The number of hydrogen-bond acceptors (Lipinski definition) is 3. The summed E-state index contributed by atoms with van der Waals surface area (Å²) in [5.74, 6) is 0. The van der Waals surface area contributed by atoms with Crippen LogP contribution in [-0.2, 0) is 7.05 Å². The largest absolute Gasteiger partial charge is 0.367 e. The van der Waals surface area contributed by atoms with Crippen LogP contribution in [0.4, 0.5) is 0 Å². The summed E-state index contributed by atoms with van der Waals surface area (Å²) in [5.41, 5.74) is 1.31. The van der Waals surface area contributed by atoms with Crippen LogP contribution in [0, 0.1) is 11.3 Å². The summed E-state index contributed by atoms with van der Waals surface area (Å²) in [7, 11) is 1.56. The maximum Gasteiger partial charge on any atom is 0.267 e. The van der Waals surface area contributed by atoms with Gasteiger partial charge in [0.15, 0.2) is 0 Å². The van der Waals surface area contributed by atoms with Crippen molar-refractivity contribution in [1.29, 1.82) is 5.26 Å². The molecule has 0 saturated carbocycles. The van der Waals surface area contributed by atoms with E-state index in [0.29, 0.717) is 5.69 Å². The smallest absolute Gasteiger partial charge is 0.267 e. The highest BCUT2D eigenvalue weighted by atomic mass is 16.1. The standard InChI is InChI=1S/C10H8N4O/c1-14-9(15)4-8(5-11)10(13-14)7-2-3-12-6-7/h2-4,6,12H,1H3. The van der Waals surface area contributed by atoms with Crippen LogP contribution < -0.4 is 5.56 Å². The summed E-state index contributed by atoms with van der Waals surface area (Å²) in [4.78, 5) is 14.1. The van der Waals surface area contributed by atoms with Gasteiger partial charge < -0.3 is 4.98 Å². The number of hydrogen-bond donors (Lipinski definition) is 1. The Labute approximate surface area is 85.6 Å². The van der Waals surface area contributed by atoms with E-state index in [1.54, 1.807) is 25.5 Å². The minimum absolute atomic E-state index is 0.286. The molecule has 0 aliphatic carbocycles. The molecular formula is C10H8N4O. The zero-order chi connectivity index (χ0) is 10.8. The molecule has 0 unspecified atom stereocenters. The third-order valence-electron chi connectivity index (χ3n) is 2.08. The van der Waals surface area contributed by atoms with Crippen molar-refractivity contribution in [1.82, 2.24) is 14.8 Å². The number of aromatic amines is 1. The molecule has 0 saturated heterocycles. The van der Waals surface area contributed by atoms with E-state index >= 15 is 0 Å². The van der Waals surface area contributed by atoms with Crippen LogP contribution in [0.15, 0.2) is 29.3 Å². The third kappa shape index (κ3) is 1.53. The first-order chi connectivity index (χ1) is 7.22. The third-order valence-corrected chi connectivity index (χ3v) is 2.08. The summed E-state index contributed by atoms with van der Waals surface area (Å²) in [6.45, 7) is 0. The van der Waals surface area contributed by atoms with Gasteiger partial charge in [0.2, 0.25) is 0 Å². The molecule has 0 aliphatic rings. The van der Waals surface area contributed by atoms with Gasteiger partial charge in [0, 0.05) is 31.1 Å². The number of nitrogens with one attached hydrogen (secondary N) is 1. The summed E-state index contributed by atoms with van der Waals surface area (Å²) < 4.78 is 1.21. The molecule has 5 nitrogen and oxygen atoms in total. The zero-order valence-corrected chi connectivity index (χ0v) is 8.06. The Kier molecular flexibility index (Phi) is 2.10. The van der Waals surface area contributed by atoms with E-state index in [4.69, 9.17) is 5.26 Å². The van der Waals surface area contributed by atoms with Gasteiger partial charge >= 0.3 is 0 Å². The molecule has 2 rings (SSSR count). The van der Waals surface area contributed by atoms with E-state index in [1.165, 1.54) is 10.7 Å². The summed E-state index contributed by atoms with van der Waals surface area (Å²) >= 11 is 0. The Morgan fingerprint density at radius 3 is 3.00 bits per heavy atom. The van der Waals surface area contributed by atoms with Gasteiger partial charge in [-0.25, -0.2) is 4.68 Å². The lowest BCUT2D eigenvalue weighted by molar-refractivity contribution is 0.710. The zero-order valence-electron chi connectivity index (χ0n) is 8.06. The quantitative estimate of drug-likeness (QED) is 0.734. The van der Waals surface area contributed by atoms with Crippen molar-refractivity contribution in [2.24, 2.45) is 7.05 Å². The molecule has 0 radical (unpaired) electrons. The molecule has 2 heterocycles. The molecule has 0 aromatic carbocycles. The minimum Gasteiger partial charge on any atom is -0.367 e. The first kappa shape index (κ1) is 9.21. The molecule has 0 aliphatic heterocycles. The first-order valence-corrected chi connectivity index (χ1v) is 4.34. The van der Waals surface area contributed by atoms with E-state index < -0.39 is 0 Å². The fourth-order valence-corrected chi connectivity index (χ4v) is 1.31. The fourth-order valence-electron chi connectivity index (χ4n) is 1.31. The van der Waals surface area contributed by atoms with Gasteiger partial charge in [-0.05, 0) is 6.07 Å². The fraction of sp³-hybridized carbons (Fsp3) is 0.100. The lowest BCUT2D eigenvalue weighted by Crippen LogP contribution is -2.19. The van der Waals surface area contributed by atoms with Crippen LogP contribution in [0.1, 0.15) is 5.56 Å². The maximum atomic E-state index is 11.3. The molecule has 74 valence electrons. The van der Waals surface area contributed by atoms with Crippen molar-refractivity contribution in [2.75, 3.05) is 0 Å². The Morgan fingerprint density at radius 1 is 1.60 bits per heavy atom. The van der Waals surface area contributed by atoms with E-state index in [9.17, 15) is 4.79 Å². The van der Waals surface area contributed by atoms with Crippen molar-refractivity contribution >= 4 is 0 Å². The molecular weight excluding hydrogens is 192 g/mol. The Bertz CT molecular complexity index is 574. The minimum atomic E-state index is -0.286. The SMILES string of the molecule is Cn1nc(-c2cc[nH]c2)c(C#N)cc1=O. The van der Waals surface area contributed by atoms with Crippen molar-refractivity contribution in [3.63, 3.8) is 0 Å². The van der Waals surface area contributed by atoms with Crippen LogP contribution in [0.5, 0.6) is 0 Å². The summed E-state index contributed by atoms with van der Waals surface area (Å²) in [6.07, 6.45) is 3.47. The molecule has 0 spiro atoms. The first-order valence-electron chi connectivity index (χ1n) is 4.34. The van der Waals surface area contributed by atoms with E-state index in [-0.39, 0.29) is 11.1 Å². The van der Waals surface area contributed by atoms with Crippen molar-refractivity contribution in [3.8, 4) is 17.3 Å². The monoisotopic (exact) mass is 200 g/mol. The van der Waals surface area contributed by atoms with Gasteiger partial charge in [-0.2, -0.15) is 10.4 Å². The predicted octanol–water partition coefficient (Wildman–Crippen LogP) is 0.647. The van der Waals surface area contributed by atoms with Crippen LogP contribution in [0.25, 0.3) is 11.3 Å². The van der Waals surface area contributed by atoms with Crippen LogP contribution in [0.3, 0.4) is 0 Å². The van der Waals surface area contributed by atoms with E-state index in [0.717, 1.165) is 5.56 Å². The number of H-pyrrole nitrogens is 1. The summed E-state index contributed by atoms with van der Waals surface area (Å²) in [5, 5.41) is 12.9. The lowest BCUT2D eigenvalue weighted by Gasteiger charge is -2.02. The van der Waals surface area contributed by atoms with Gasteiger partial charge in [-0.1, -0.05) is 0 Å². The highest BCUT2D eigenvalue weighted by Crippen LogP contribution is 2.17. The second-order valence-corrected chi connectivity index (χ2v) is 3.08. The maximum absolute atomic E-state index is 11.3. The topological polar surface area (TPSA) is 74.5 Å². The Balaban J connectivity index is 2.72. The molecule has 2 aromatic rings. The number of aromatic nitrogens is 3. The second-order valence-electron chi connectivity index (χ2n) is 3.08. The average molecular weight is 200 g/mol. The van der Waals surface area contributed by atoms with Gasteiger partial charge in [-0.15, -0.1) is 0 Å². The highest BCUT2D eigenvalue weighted by Gasteiger charge is 2.09. The molecule has 15 heavy (non-hydrogen) atoms. The number of nitriles is 1. The van der Waals surface area contributed by atoms with Gasteiger partial charge in [0.25, 0.3) is 5.56 Å². The Hall–Kier alpha value is -2.35. The molecule has 1 N–H and O–H groups in total. The number of rotatable bonds is 1. The molecule has 0 fully saturated rings. The Morgan fingerprint density at radius 2 is 2.40 bits per heavy atom. The van der Waals surface area contributed by atoms with Crippen LogP contribution >= 0.6 is 0 Å². The highest BCUT2D eigenvalue weighted by molar-refractivity contribution is 5.64. The van der Waals surface area contributed by atoms with Crippen molar-refractivity contribution < 1.29 is 0 Å². The normalized spacial score (nSPS) is 9.87. The van der Waals surface area contributed by atoms with E-state index in [1.807, 2.05) is 6.07 Å². The van der Waals surface area contributed by atoms with Crippen LogP contribution in [0.2, 0.25) is 0 Å². The molecule has 5 heteroatoms. The van der Waals surface area contributed by atoms with E-state index in [2.05, 4.69) is 10.1 Å². The summed E-state index contributed by atoms with van der Waals surface area (Å²) in [6, 6.07) is 5.05. The number of aryl methyl sites for hydroxylation is 1. The van der Waals surface area contributed by atoms with Crippen molar-refractivity contribution in [2.45, 2.75) is 0 Å². The average Bonchev–Trinajstić information content (AvgIpc) is 2.74. The number of nitrogens with zero attached hydrogens (tertiary/aromatic N) is 3. The van der Waals surface area contributed by atoms with Gasteiger partial charge in [-0.3, -0.25) is 4.79 Å². The molecule has 0 bridgehead atoms. The van der Waals surface area contributed by atoms with Gasteiger partial charge in [0.05, 0.1) is 5.56 Å². The van der Waals surface area contributed by atoms with Crippen LogP contribution in [-0.4, -0.2) is 14.8 Å². The van der Waals surface area contributed by atoms with Gasteiger partial charge in [0.1, 0.15) is 11.8 Å². The predicted molar refractivity (Wildman–Crippen MR) is 54.0 cm³/mol. The lowest BCUT2D eigenvalue weighted by atomic mass is 10.1. The molecule has 0 atom stereocenters. The second kappa shape index (κ2) is 3.42. The molecule has 0 amide bonds.